The Morgan fingerprint density at radius 2 is 2.00 bits per heavy atom. The zero-order chi connectivity index (χ0) is 17.1. The number of unbranched alkanes of at least 4 members (excludes halogenated alkanes) is 1. The van der Waals surface area contributed by atoms with Crippen LogP contribution in [0, 0.1) is 0 Å². The maximum absolute atomic E-state index is 4.72. The molecule has 0 fully saturated rings. The number of thiophene rings is 1. The topological polar surface area (TPSA) is 39.7 Å². The fourth-order valence-corrected chi connectivity index (χ4v) is 2.96. The number of nitrogens with zero attached hydrogens (tertiary/aromatic N) is 2. The van der Waals surface area contributed by atoms with Gasteiger partial charge in [0.25, 0.3) is 0 Å². The number of rotatable bonds is 10. The summed E-state index contributed by atoms with van der Waals surface area (Å²) in [6.45, 7) is 12.7. The highest BCUT2D eigenvalue weighted by Crippen LogP contribution is 2.18. The second-order valence-corrected chi connectivity index (χ2v) is 7.17. The lowest BCUT2D eigenvalue weighted by Crippen LogP contribution is -2.38. The maximum atomic E-state index is 4.72. The summed E-state index contributed by atoms with van der Waals surface area (Å²) in [5.74, 6) is 1.41. The first kappa shape index (κ1) is 23.7. The molecule has 0 bridgehead atoms. The molecule has 0 aliphatic carbocycles. The molecule has 4 nitrogen and oxygen atoms in total. The van der Waals surface area contributed by atoms with Gasteiger partial charge >= 0.3 is 0 Å². The third kappa shape index (κ3) is 9.84. The quantitative estimate of drug-likeness (QED) is 0.236. The standard InChI is InChI=1S/C18H34N4S.HI/c1-6-19-18(20-10-7-8-11-22(5)15(2)3)21-13-16(4)17-9-12-23-14-17;/h9,12,14-16H,6-8,10-11,13H2,1-5H3,(H2,19,20,21);1H. The average molecular weight is 466 g/mol. The Labute approximate surface area is 169 Å². The minimum Gasteiger partial charge on any atom is -0.357 e. The van der Waals surface area contributed by atoms with Crippen molar-refractivity contribution in [1.29, 1.82) is 0 Å². The molecule has 1 rings (SSSR count). The summed E-state index contributed by atoms with van der Waals surface area (Å²) in [6.07, 6.45) is 2.38. The molecule has 1 aromatic rings. The Morgan fingerprint density at radius 1 is 1.25 bits per heavy atom. The molecule has 140 valence electrons. The number of hydrogen-bond donors (Lipinski definition) is 2. The van der Waals surface area contributed by atoms with E-state index in [0.717, 1.165) is 32.1 Å². The van der Waals surface area contributed by atoms with E-state index < -0.39 is 0 Å². The molecule has 1 unspecified atom stereocenters. The molecule has 0 spiro atoms. The van der Waals surface area contributed by atoms with Crippen molar-refractivity contribution in [1.82, 2.24) is 15.5 Å². The first-order valence-electron chi connectivity index (χ1n) is 8.79. The van der Waals surface area contributed by atoms with E-state index in [9.17, 15) is 0 Å². The third-order valence-corrected chi connectivity index (χ3v) is 4.79. The Bertz CT molecular complexity index is 434. The van der Waals surface area contributed by atoms with Crippen LogP contribution in [0.5, 0.6) is 0 Å². The van der Waals surface area contributed by atoms with E-state index >= 15 is 0 Å². The second-order valence-electron chi connectivity index (χ2n) is 6.39. The smallest absolute Gasteiger partial charge is 0.191 e. The molecule has 0 saturated heterocycles. The summed E-state index contributed by atoms with van der Waals surface area (Å²) in [4.78, 5) is 7.11. The van der Waals surface area contributed by atoms with Crippen LogP contribution in [0.1, 0.15) is 52.0 Å². The van der Waals surface area contributed by atoms with Crippen LogP contribution in [0.15, 0.2) is 21.8 Å². The minimum absolute atomic E-state index is 0. The van der Waals surface area contributed by atoms with E-state index in [1.165, 1.54) is 18.4 Å². The van der Waals surface area contributed by atoms with Crippen molar-refractivity contribution >= 4 is 41.3 Å². The van der Waals surface area contributed by atoms with Crippen molar-refractivity contribution in [3.05, 3.63) is 22.4 Å². The maximum Gasteiger partial charge on any atom is 0.191 e. The predicted octanol–water partition coefficient (Wildman–Crippen LogP) is 4.15. The first-order chi connectivity index (χ1) is 11.0. The zero-order valence-electron chi connectivity index (χ0n) is 15.8. The van der Waals surface area contributed by atoms with Gasteiger partial charge < -0.3 is 15.5 Å². The molecular formula is C18H35IN4S. The van der Waals surface area contributed by atoms with Crippen molar-refractivity contribution in [3.63, 3.8) is 0 Å². The van der Waals surface area contributed by atoms with Crippen molar-refractivity contribution in [3.8, 4) is 0 Å². The SMILES string of the molecule is CCNC(=NCC(C)c1ccsc1)NCCCCN(C)C(C)C.I. The molecule has 1 atom stereocenters. The van der Waals surface area contributed by atoms with Gasteiger partial charge in [-0.05, 0) is 69.6 Å². The Hall–Kier alpha value is -0.340. The summed E-state index contributed by atoms with van der Waals surface area (Å²) < 4.78 is 0. The Balaban J connectivity index is 0.00000529. The predicted molar refractivity (Wildman–Crippen MR) is 119 cm³/mol. The van der Waals surface area contributed by atoms with Crippen molar-refractivity contribution in [2.24, 2.45) is 4.99 Å². The molecule has 0 saturated carbocycles. The van der Waals surface area contributed by atoms with E-state index in [1.807, 2.05) is 0 Å². The molecule has 1 heterocycles. The molecule has 6 heteroatoms. The van der Waals surface area contributed by atoms with Crippen LogP contribution in [-0.2, 0) is 0 Å². The highest BCUT2D eigenvalue weighted by atomic mass is 127. The van der Waals surface area contributed by atoms with Crippen LogP contribution in [-0.4, -0.2) is 50.1 Å². The fourth-order valence-electron chi connectivity index (χ4n) is 2.18. The lowest BCUT2D eigenvalue weighted by molar-refractivity contribution is 0.268. The van der Waals surface area contributed by atoms with Crippen LogP contribution in [0.4, 0.5) is 0 Å². The Kier molecular flexibility index (Phi) is 13.7. The minimum atomic E-state index is 0. The largest absolute Gasteiger partial charge is 0.357 e. The van der Waals surface area contributed by atoms with Crippen molar-refractivity contribution in [2.45, 2.75) is 52.5 Å². The van der Waals surface area contributed by atoms with E-state index in [0.29, 0.717) is 12.0 Å². The first-order valence-corrected chi connectivity index (χ1v) is 9.73. The molecule has 0 amide bonds. The van der Waals surface area contributed by atoms with Gasteiger partial charge in [0.05, 0.1) is 0 Å². The van der Waals surface area contributed by atoms with E-state index in [2.05, 4.69) is 67.1 Å². The number of halogens is 1. The van der Waals surface area contributed by atoms with Gasteiger partial charge in [-0.15, -0.1) is 24.0 Å². The highest BCUT2D eigenvalue weighted by Gasteiger charge is 2.06. The van der Waals surface area contributed by atoms with Gasteiger partial charge in [-0.1, -0.05) is 6.92 Å². The number of guanidine groups is 1. The van der Waals surface area contributed by atoms with Crippen molar-refractivity contribution in [2.75, 3.05) is 33.2 Å². The Morgan fingerprint density at radius 3 is 2.58 bits per heavy atom. The van der Waals surface area contributed by atoms with Crippen LogP contribution in [0.2, 0.25) is 0 Å². The summed E-state index contributed by atoms with van der Waals surface area (Å²) in [7, 11) is 2.19. The van der Waals surface area contributed by atoms with Gasteiger partial charge in [-0.3, -0.25) is 4.99 Å². The summed E-state index contributed by atoms with van der Waals surface area (Å²) in [6, 6.07) is 2.82. The number of hydrogen-bond acceptors (Lipinski definition) is 3. The second kappa shape index (κ2) is 13.9. The number of aliphatic imine (C=N–C) groups is 1. The van der Waals surface area contributed by atoms with Gasteiger partial charge in [0, 0.05) is 31.6 Å². The van der Waals surface area contributed by atoms with Gasteiger partial charge in [-0.25, -0.2) is 0 Å². The number of nitrogens with one attached hydrogen (secondary N) is 2. The van der Waals surface area contributed by atoms with E-state index in [1.54, 1.807) is 11.3 Å². The van der Waals surface area contributed by atoms with Crippen LogP contribution >= 0.6 is 35.3 Å². The molecular weight excluding hydrogens is 431 g/mol. The zero-order valence-corrected chi connectivity index (χ0v) is 19.0. The summed E-state index contributed by atoms with van der Waals surface area (Å²) >= 11 is 1.75. The third-order valence-electron chi connectivity index (χ3n) is 4.09. The molecule has 0 radical (unpaired) electrons. The molecule has 0 aliphatic rings. The van der Waals surface area contributed by atoms with E-state index in [4.69, 9.17) is 4.99 Å². The lowest BCUT2D eigenvalue weighted by atomic mass is 10.1. The monoisotopic (exact) mass is 466 g/mol. The molecule has 2 N–H and O–H groups in total. The molecule has 0 aliphatic heterocycles. The fraction of sp³-hybridized carbons (Fsp3) is 0.722. The van der Waals surface area contributed by atoms with Crippen molar-refractivity contribution < 1.29 is 0 Å². The molecule has 24 heavy (non-hydrogen) atoms. The lowest BCUT2D eigenvalue weighted by Gasteiger charge is -2.20. The molecule has 0 aromatic carbocycles. The van der Waals surface area contributed by atoms with E-state index in [-0.39, 0.29) is 24.0 Å². The van der Waals surface area contributed by atoms with Crippen LogP contribution in [0.25, 0.3) is 0 Å². The van der Waals surface area contributed by atoms with Gasteiger partial charge in [0.2, 0.25) is 0 Å². The highest BCUT2D eigenvalue weighted by molar-refractivity contribution is 14.0. The van der Waals surface area contributed by atoms with Gasteiger partial charge in [0.1, 0.15) is 0 Å². The molecule has 1 aromatic heterocycles. The summed E-state index contributed by atoms with van der Waals surface area (Å²) in [5.41, 5.74) is 1.38. The van der Waals surface area contributed by atoms with Gasteiger partial charge in [-0.2, -0.15) is 11.3 Å². The average Bonchev–Trinajstić information content (AvgIpc) is 3.05. The summed E-state index contributed by atoms with van der Waals surface area (Å²) in [5, 5.41) is 11.1. The van der Waals surface area contributed by atoms with Gasteiger partial charge in [0.15, 0.2) is 5.96 Å². The normalized spacial score (nSPS) is 13.0. The van der Waals surface area contributed by atoms with Crippen LogP contribution < -0.4 is 10.6 Å². The van der Waals surface area contributed by atoms with Crippen LogP contribution in [0.3, 0.4) is 0 Å².